The first kappa shape index (κ1) is 18.5. The van der Waals surface area contributed by atoms with Crippen LogP contribution in [0, 0.1) is 0 Å². The van der Waals surface area contributed by atoms with Gasteiger partial charge < -0.3 is 5.11 Å². The van der Waals surface area contributed by atoms with Crippen LogP contribution in [0.3, 0.4) is 0 Å². The van der Waals surface area contributed by atoms with E-state index in [4.69, 9.17) is 28.3 Å². The predicted molar refractivity (Wildman–Crippen MR) is 105 cm³/mol. The lowest BCUT2D eigenvalue weighted by Gasteiger charge is -2.07. The lowest BCUT2D eigenvalue weighted by Crippen LogP contribution is -2.23. The minimum absolute atomic E-state index is 0.132. The largest absolute Gasteiger partial charge is 0.478 e. The van der Waals surface area contributed by atoms with Crippen LogP contribution in [-0.4, -0.2) is 34.1 Å². The van der Waals surface area contributed by atoms with Crippen molar-refractivity contribution in [1.82, 2.24) is 4.90 Å². The van der Waals surface area contributed by atoms with Gasteiger partial charge >= 0.3 is 5.97 Å². The summed E-state index contributed by atoms with van der Waals surface area (Å²) < 4.78 is 0. The van der Waals surface area contributed by atoms with E-state index in [2.05, 4.69) is 4.99 Å². The molecule has 0 aliphatic carbocycles. The average Bonchev–Trinajstić information content (AvgIpc) is 2.85. The zero-order valence-corrected chi connectivity index (χ0v) is 15.8. The Kier molecular flexibility index (Phi) is 5.36. The summed E-state index contributed by atoms with van der Waals surface area (Å²) in [6, 6.07) is 11.2. The van der Waals surface area contributed by atoms with Crippen molar-refractivity contribution in [2.24, 2.45) is 4.99 Å². The number of amides is 1. The first-order valence-corrected chi connectivity index (χ1v) is 8.97. The summed E-state index contributed by atoms with van der Waals surface area (Å²) in [5.41, 5.74) is 1.26. The van der Waals surface area contributed by atoms with E-state index in [-0.39, 0.29) is 11.5 Å². The van der Waals surface area contributed by atoms with Gasteiger partial charge in [-0.05, 0) is 53.7 Å². The van der Waals surface area contributed by atoms with Crippen LogP contribution >= 0.6 is 35.0 Å². The van der Waals surface area contributed by atoms with Crippen molar-refractivity contribution in [2.45, 2.75) is 0 Å². The van der Waals surface area contributed by atoms with Gasteiger partial charge in [0.1, 0.15) is 0 Å². The molecule has 26 heavy (non-hydrogen) atoms. The number of hydrogen-bond acceptors (Lipinski definition) is 4. The van der Waals surface area contributed by atoms with Crippen LogP contribution in [0.1, 0.15) is 15.9 Å². The summed E-state index contributed by atoms with van der Waals surface area (Å²) >= 11 is 13.2. The molecule has 0 spiro atoms. The van der Waals surface area contributed by atoms with Crippen LogP contribution in [0.25, 0.3) is 6.08 Å². The normalized spacial score (nSPS) is 17.3. The minimum atomic E-state index is -1.03. The van der Waals surface area contributed by atoms with Gasteiger partial charge in [-0.3, -0.25) is 9.69 Å². The molecule has 1 heterocycles. The Morgan fingerprint density at radius 2 is 2.00 bits per heavy atom. The number of rotatable bonds is 3. The molecule has 3 rings (SSSR count). The number of aliphatic imine (C=N–C) groups is 1. The van der Waals surface area contributed by atoms with Gasteiger partial charge in [-0.2, -0.15) is 0 Å². The Hall–Kier alpha value is -2.28. The van der Waals surface area contributed by atoms with Crippen molar-refractivity contribution >= 4 is 63.8 Å². The van der Waals surface area contributed by atoms with Crippen LogP contribution < -0.4 is 0 Å². The van der Waals surface area contributed by atoms with Crippen LogP contribution in [-0.2, 0) is 4.79 Å². The highest BCUT2D eigenvalue weighted by Crippen LogP contribution is 2.34. The standard InChI is InChI=1S/C18H12Cl2N2O3S/c1-22-16(23)15(8-10-5-6-12(19)9-14(10)20)26-18(22)21-13-4-2-3-11(7-13)17(24)25/h2-9H,1H3,(H,24,25)/b15-8-,21-18?. The van der Waals surface area contributed by atoms with Crippen molar-refractivity contribution in [3.05, 3.63) is 68.5 Å². The topological polar surface area (TPSA) is 70.0 Å². The van der Waals surface area contributed by atoms with E-state index in [1.165, 1.54) is 28.8 Å². The molecule has 1 aliphatic rings. The molecule has 0 saturated carbocycles. The van der Waals surface area contributed by atoms with Crippen molar-refractivity contribution < 1.29 is 14.7 Å². The number of halogens is 2. The maximum Gasteiger partial charge on any atom is 0.335 e. The number of carbonyl (C=O) groups excluding carboxylic acids is 1. The molecule has 1 aliphatic heterocycles. The maximum atomic E-state index is 12.5. The number of aromatic carboxylic acids is 1. The smallest absolute Gasteiger partial charge is 0.335 e. The Bertz CT molecular complexity index is 973. The molecule has 0 radical (unpaired) electrons. The molecule has 1 saturated heterocycles. The van der Waals surface area contributed by atoms with Gasteiger partial charge in [-0.15, -0.1) is 0 Å². The second-order valence-corrected chi connectivity index (χ2v) is 7.24. The lowest BCUT2D eigenvalue weighted by atomic mass is 10.2. The number of likely N-dealkylation sites (N-methyl/N-ethyl adjacent to an activating group) is 1. The molecule has 132 valence electrons. The number of carboxylic acid groups (broad SMARTS) is 1. The van der Waals surface area contributed by atoms with E-state index in [1.54, 1.807) is 43.5 Å². The molecule has 5 nitrogen and oxygen atoms in total. The van der Waals surface area contributed by atoms with Crippen LogP contribution in [0.5, 0.6) is 0 Å². The molecule has 2 aromatic rings. The molecule has 1 amide bonds. The second kappa shape index (κ2) is 7.53. The molecule has 0 aromatic heterocycles. The van der Waals surface area contributed by atoms with Gasteiger partial charge in [0, 0.05) is 17.1 Å². The van der Waals surface area contributed by atoms with Crippen molar-refractivity contribution in [1.29, 1.82) is 0 Å². The monoisotopic (exact) mass is 406 g/mol. The summed E-state index contributed by atoms with van der Waals surface area (Å²) in [5.74, 6) is -1.25. The fourth-order valence-corrected chi connectivity index (χ4v) is 3.67. The highest BCUT2D eigenvalue weighted by molar-refractivity contribution is 8.18. The zero-order valence-electron chi connectivity index (χ0n) is 13.4. The summed E-state index contributed by atoms with van der Waals surface area (Å²) in [6.45, 7) is 0. The number of nitrogens with zero attached hydrogens (tertiary/aromatic N) is 2. The second-order valence-electron chi connectivity index (χ2n) is 5.39. The van der Waals surface area contributed by atoms with Gasteiger partial charge in [-0.25, -0.2) is 9.79 Å². The van der Waals surface area contributed by atoms with Crippen molar-refractivity contribution in [3.8, 4) is 0 Å². The molecule has 1 N–H and O–H groups in total. The Balaban J connectivity index is 1.92. The number of thioether (sulfide) groups is 1. The Morgan fingerprint density at radius 3 is 2.69 bits per heavy atom. The molecular weight excluding hydrogens is 395 g/mol. The number of carbonyl (C=O) groups is 2. The fourth-order valence-electron chi connectivity index (χ4n) is 2.23. The van der Waals surface area contributed by atoms with Gasteiger partial charge in [0.25, 0.3) is 5.91 Å². The first-order chi connectivity index (χ1) is 12.3. The third-order valence-electron chi connectivity index (χ3n) is 3.57. The number of amidine groups is 1. The van der Waals surface area contributed by atoms with E-state index < -0.39 is 5.97 Å². The van der Waals surface area contributed by atoms with E-state index in [1.807, 2.05) is 0 Å². The Morgan fingerprint density at radius 1 is 1.23 bits per heavy atom. The molecule has 0 bridgehead atoms. The lowest BCUT2D eigenvalue weighted by molar-refractivity contribution is -0.121. The summed E-state index contributed by atoms with van der Waals surface area (Å²) in [4.78, 5) is 29.8. The maximum absolute atomic E-state index is 12.5. The molecule has 0 unspecified atom stereocenters. The number of carboxylic acids is 1. The quantitative estimate of drug-likeness (QED) is 0.733. The highest BCUT2D eigenvalue weighted by Gasteiger charge is 2.30. The van der Waals surface area contributed by atoms with E-state index in [0.29, 0.717) is 31.4 Å². The summed E-state index contributed by atoms with van der Waals surface area (Å²) in [6.07, 6.45) is 1.68. The SMILES string of the molecule is CN1C(=O)/C(=C/c2ccc(Cl)cc2Cl)SC1=Nc1cccc(C(=O)O)c1. The molecule has 2 aromatic carbocycles. The average molecular weight is 407 g/mol. The van der Waals surface area contributed by atoms with Crippen LogP contribution in [0.2, 0.25) is 10.0 Å². The highest BCUT2D eigenvalue weighted by atomic mass is 35.5. The number of hydrogen-bond donors (Lipinski definition) is 1. The minimum Gasteiger partial charge on any atom is -0.478 e. The van der Waals surface area contributed by atoms with Gasteiger partial charge in [0.05, 0.1) is 16.2 Å². The third-order valence-corrected chi connectivity index (χ3v) is 5.19. The van der Waals surface area contributed by atoms with Gasteiger partial charge in [-0.1, -0.05) is 35.3 Å². The van der Waals surface area contributed by atoms with Gasteiger partial charge in [0.2, 0.25) is 0 Å². The van der Waals surface area contributed by atoms with E-state index in [0.717, 1.165) is 0 Å². The summed E-state index contributed by atoms with van der Waals surface area (Å²) in [5, 5.41) is 10.5. The summed E-state index contributed by atoms with van der Waals surface area (Å²) in [7, 11) is 1.61. The van der Waals surface area contributed by atoms with Crippen LogP contribution in [0.4, 0.5) is 5.69 Å². The molecule has 0 atom stereocenters. The van der Waals surface area contributed by atoms with E-state index >= 15 is 0 Å². The van der Waals surface area contributed by atoms with Crippen molar-refractivity contribution in [2.75, 3.05) is 7.05 Å². The molecular formula is C18H12Cl2N2O3S. The first-order valence-electron chi connectivity index (χ1n) is 7.40. The predicted octanol–water partition coefficient (Wildman–Crippen LogP) is 4.93. The van der Waals surface area contributed by atoms with Crippen LogP contribution in [0.15, 0.2) is 52.4 Å². The van der Waals surface area contributed by atoms with Gasteiger partial charge in [0.15, 0.2) is 5.17 Å². The Labute approximate surface area is 163 Å². The van der Waals surface area contributed by atoms with Crippen molar-refractivity contribution in [3.63, 3.8) is 0 Å². The third kappa shape index (κ3) is 3.93. The zero-order chi connectivity index (χ0) is 18.8. The molecule has 8 heteroatoms. The van der Waals surface area contributed by atoms with E-state index in [9.17, 15) is 9.59 Å². The number of benzene rings is 2. The fraction of sp³-hybridized carbons (Fsp3) is 0.0556. The molecule has 1 fully saturated rings.